The van der Waals surface area contributed by atoms with Crippen molar-refractivity contribution in [2.45, 2.75) is 43.4 Å². The minimum Gasteiger partial charge on any atom is -0.305 e. The maximum atomic E-state index is 13.0. The van der Waals surface area contributed by atoms with E-state index in [1.54, 1.807) is 29.1 Å². The standard InChI is InChI=1S/C21H23N5O2S/c1-26-19-9-8-16(11-15(19)12-23-26)29(22,28)25-21(27)24-20-17-6-2-4-13(17)10-14-5-3-7-18(14)20/h8-12H,2-7H2,1H3,(H3,22,24,25,27,28)/t29-/m0/s1. The summed E-state index contributed by atoms with van der Waals surface area (Å²) in [6.07, 6.45) is 7.85. The third kappa shape index (κ3) is 3.12. The fraction of sp³-hybridized carbons (Fsp3) is 0.333. The Labute approximate surface area is 169 Å². The zero-order valence-corrected chi connectivity index (χ0v) is 17.1. The molecule has 0 bridgehead atoms. The van der Waals surface area contributed by atoms with Crippen molar-refractivity contribution >= 4 is 32.5 Å². The van der Waals surface area contributed by atoms with Crippen molar-refractivity contribution in [3.8, 4) is 0 Å². The van der Waals surface area contributed by atoms with Gasteiger partial charge in [0.25, 0.3) is 0 Å². The van der Waals surface area contributed by atoms with E-state index >= 15 is 0 Å². The van der Waals surface area contributed by atoms with Crippen LogP contribution in [0.5, 0.6) is 0 Å². The summed E-state index contributed by atoms with van der Waals surface area (Å²) >= 11 is 0. The van der Waals surface area contributed by atoms with Gasteiger partial charge in [-0.1, -0.05) is 6.07 Å². The van der Waals surface area contributed by atoms with E-state index in [-0.39, 0.29) is 0 Å². The van der Waals surface area contributed by atoms with Crippen molar-refractivity contribution in [2.24, 2.45) is 16.5 Å². The van der Waals surface area contributed by atoms with Crippen molar-refractivity contribution in [1.82, 2.24) is 9.78 Å². The largest absolute Gasteiger partial charge is 0.354 e. The zero-order chi connectivity index (χ0) is 20.2. The summed E-state index contributed by atoms with van der Waals surface area (Å²) in [5, 5.41) is 13.9. The number of urea groups is 1. The number of carbonyl (C=O) groups is 1. The molecule has 2 aromatic carbocycles. The van der Waals surface area contributed by atoms with E-state index < -0.39 is 15.9 Å². The second-order valence-corrected chi connectivity index (χ2v) is 9.60. The normalized spacial score (nSPS) is 17.0. The summed E-state index contributed by atoms with van der Waals surface area (Å²) < 4.78 is 18.6. The molecule has 0 unspecified atom stereocenters. The number of rotatable bonds is 2. The molecule has 2 aliphatic carbocycles. The maximum absolute atomic E-state index is 13.0. The van der Waals surface area contributed by atoms with E-state index in [1.807, 2.05) is 7.05 Å². The molecular formula is C21H23N5O2S. The van der Waals surface area contributed by atoms with Gasteiger partial charge in [-0.25, -0.2) is 14.1 Å². The van der Waals surface area contributed by atoms with E-state index in [0.29, 0.717) is 4.90 Å². The lowest BCUT2D eigenvalue weighted by molar-refractivity contribution is 0.260. The molecule has 2 aliphatic rings. The van der Waals surface area contributed by atoms with Crippen LogP contribution in [-0.2, 0) is 42.6 Å². The molecule has 0 aliphatic heterocycles. The fourth-order valence-corrected chi connectivity index (χ4v) is 5.55. The number of hydrogen-bond acceptors (Lipinski definition) is 3. The Morgan fingerprint density at radius 3 is 2.52 bits per heavy atom. The van der Waals surface area contributed by atoms with Crippen LogP contribution in [0.15, 0.2) is 39.7 Å². The number of hydrogen-bond donors (Lipinski definition) is 2. The van der Waals surface area contributed by atoms with Crippen LogP contribution in [0.4, 0.5) is 10.5 Å². The second kappa shape index (κ2) is 6.67. The number of amides is 2. The Morgan fingerprint density at radius 1 is 1.14 bits per heavy atom. The third-order valence-electron chi connectivity index (χ3n) is 5.98. The molecule has 1 heterocycles. The highest BCUT2D eigenvalue weighted by atomic mass is 32.2. The first-order valence-corrected chi connectivity index (χ1v) is 11.4. The number of benzene rings is 2. The average molecular weight is 410 g/mol. The molecule has 5 rings (SSSR count). The third-order valence-corrected chi connectivity index (χ3v) is 7.35. The van der Waals surface area contributed by atoms with Gasteiger partial charge in [-0.3, -0.25) is 4.68 Å². The number of fused-ring (bicyclic) bond motifs is 3. The van der Waals surface area contributed by atoms with Crippen molar-refractivity contribution in [3.63, 3.8) is 0 Å². The molecule has 3 N–H and O–H groups in total. The lowest BCUT2D eigenvalue weighted by atomic mass is 9.99. The molecule has 8 heteroatoms. The summed E-state index contributed by atoms with van der Waals surface area (Å²) in [6, 6.07) is 6.75. The molecular weight excluding hydrogens is 386 g/mol. The summed E-state index contributed by atoms with van der Waals surface area (Å²) in [5.74, 6) is 0. The highest BCUT2D eigenvalue weighted by Gasteiger charge is 2.25. The van der Waals surface area contributed by atoms with Crippen LogP contribution in [0.3, 0.4) is 0 Å². The fourth-order valence-electron chi connectivity index (χ4n) is 4.60. The Hall–Kier alpha value is -2.71. The first kappa shape index (κ1) is 18.3. The van der Waals surface area contributed by atoms with Crippen LogP contribution in [0.25, 0.3) is 10.9 Å². The first-order chi connectivity index (χ1) is 13.9. The van der Waals surface area contributed by atoms with E-state index in [4.69, 9.17) is 5.14 Å². The molecule has 1 aromatic heterocycles. The Kier molecular flexibility index (Phi) is 4.22. The number of carbonyl (C=O) groups excluding carboxylic acids is 1. The lowest BCUT2D eigenvalue weighted by Crippen LogP contribution is -2.19. The van der Waals surface area contributed by atoms with Gasteiger partial charge in [0.05, 0.1) is 16.6 Å². The molecule has 2 amide bonds. The molecule has 0 saturated carbocycles. The molecule has 0 radical (unpaired) electrons. The molecule has 0 spiro atoms. The molecule has 1 atom stereocenters. The van der Waals surface area contributed by atoms with Crippen LogP contribution < -0.4 is 10.5 Å². The number of anilines is 1. The van der Waals surface area contributed by atoms with Crippen molar-refractivity contribution in [1.29, 1.82) is 0 Å². The maximum Gasteiger partial charge on any atom is 0.354 e. The number of aromatic nitrogens is 2. The average Bonchev–Trinajstić information content (AvgIpc) is 3.41. The van der Waals surface area contributed by atoms with Crippen molar-refractivity contribution in [3.05, 3.63) is 52.7 Å². The molecule has 0 saturated heterocycles. The van der Waals surface area contributed by atoms with Gasteiger partial charge in [-0.2, -0.15) is 5.10 Å². The zero-order valence-electron chi connectivity index (χ0n) is 16.3. The van der Waals surface area contributed by atoms with Crippen LogP contribution >= 0.6 is 0 Å². The summed E-state index contributed by atoms with van der Waals surface area (Å²) in [6.45, 7) is 0. The summed E-state index contributed by atoms with van der Waals surface area (Å²) in [7, 11) is -1.53. The van der Waals surface area contributed by atoms with Gasteiger partial charge < -0.3 is 5.32 Å². The van der Waals surface area contributed by atoms with E-state index in [1.165, 1.54) is 22.3 Å². The minimum absolute atomic E-state index is 0.316. The quantitative estimate of drug-likeness (QED) is 0.677. The molecule has 150 valence electrons. The minimum atomic E-state index is -3.36. The number of nitrogens with one attached hydrogen (secondary N) is 1. The van der Waals surface area contributed by atoms with Gasteiger partial charge >= 0.3 is 6.03 Å². The van der Waals surface area contributed by atoms with E-state index in [2.05, 4.69) is 20.8 Å². The number of nitrogens with zero attached hydrogens (tertiary/aromatic N) is 3. The van der Waals surface area contributed by atoms with Crippen LogP contribution in [0.1, 0.15) is 35.1 Å². The number of aryl methyl sites for hydroxylation is 3. The van der Waals surface area contributed by atoms with Crippen LogP contribution in [0, 0.1) is 0 Å². The van der Waals surface area contributed by atoms with Gasteiger partial charge in [0, 0.05) is 18.1 Å². The van der Waals surface area contributed by atoms with Gasteiger partial charge in [0.2, 0.25) is 0 Å². The SMILES string of the molecule is Cn1ncc2cc([S@@](N)(=O)=NC(=O)Nc3c4c(cc5c3CCC5)CCC4)ccc21. The summed E-state index contributed by atoms with van der Waals surface area (Å²) in [4.78, 5) is 13.0. The molecule has 7 nitrogen and oxygen atoms in total. The second-order valence-electron chi connectivity index (χ2n) is 7.81. The Bertz CT molecular complexity index is 1250. The van der Waals surface area contributed by atoms with Gasteiger partial charge in [0.1, 0.15) is 9.92 Å². The van der Waals surface area contributed by atoms with Gasteiger partial charge in [-0.05, 0) is 79.0 Å². The molecule has 0 fully saturated rings. The summed E-state index contributed by atoms with van der Waals surface area (Å²) in [5.41, 5.74) is 6.81. The number of nitrogens with two attached hydrogens (primary N) is 1. The molecule has 29 heavy (non-hydrogen) atoms. The van der Waals surface area contributed by atoms with Gasteiger partial charge in [0.15, 0.2) is 0 Å². The van der Waals surface area contributed by atoms with Gasteiger partial charge in [-0.15, -0.1) is 4.36 Å². The lowest BCUT2D eigenvalue weighted by Gasteiger charge is -2.15. The predicted molar refractivity (Wildman–Crippen MR) is 113 cm³/mol. The highest BCUT2D eigenvalue weighted by Crippen LogP contribution is 2.38. The van der Waals surface area contributed by atoms with E-state index in [9.17, 15) is 9.00 Å². The molecule has 3 aromatic rings. The van der Waals surface area contributed by atoms with Crippen LogP contribution in [0.2, 0.25) is 0 Å². The Balaban J connectivity index is 1.50. The van der Waals surface area contributed by atoms with E-state index in [0.717, 1.165) is 55.1 Å². The highest BCUT2D eigenvalue weighted by molar-refractivity contribution is 7.91. The first-order valence-electron chi connectivity index (χ1n) is 9.86. The van der Waals surface area contributed by atoms with Crippen molar-refractivity contribution < 1.29 is 9.00 Å². The predicted octanol–water partition coefficient (Wildman–Crippen LogP) is 3.48. The monoisotopic (exact) mass is 409 g/mol. The van der Waals surface area contributed by atoms with Crippen LogP contribution in [-0.4, -0.2) is 20.0 Å². The van der Waals surface area contributed by atoms with Crippen molar-refractivity contribution in [2.75, 3.05) is 5.32 Å². The Morgan fingerprint density at radius 2 is 1.83 bits per heavy atom. The smallest absolute Gasteiger partial charge is 0.305 e. The topological polar surface area (TPSA) is 102 Å².